The first-order chi connectivity index (χ1) is 10.7. The molecule has 23 heavy (non-hydrogen) atoms. The Hall–Kier alpha value is -1.14. The molecule has 4 nitrogen and oxygen atoms in total. The van der Waals surface area contributed by atoms with Gasteiger partial charge >= 0.3 is 0 Å². The molecule has 1 saturated heterocycles. The van der Waals surface area contributed by atoms with Crippen molar-refractivity contribution >= 4 is 32.9 Å². The van der Waals surface area contributed by atoms with Crippen molar-refractivity contribution in [2.45, 2.75) is 40.2 Å². The fraction of sp³-hybridized carbons (Fsp3) is 0.588. The van der Waals surface area contributed by atoms with Crippen LogP contribution in [0.15, 0.2) is 18.2 Å². The van der Waals surface area contributed by atoms with Crippen LogP contribution in [-0.2, 0) is 9.84 Å². The lowest BCUT2D eigenvalue weighted by Crippen LogP contribution is -2.45. The molecule has 1 heterocycles. The lowest BCUT2D eigenvalue weighted by molar-refractivity contribution is 0.303. The van der Waals surface area contributed by atoms with Crippen LogP contribution in [0, 0.1) is 19.8 Å². The first-order valence-corrected chi connectivity index (χ1v) is 10.3. The highest BCUT2D eigenvalue weighted by atomic mass is 32.2. The molecule has 1 aliphatic heterocycles. The van der Waals surface area contributed by atoms with Gasteiger partial charge in [0.05, 0.1) is 11.5 Å². The Morgan fingerprint density at radius 2 is 2.04 bits per heavy atom. The summed E-state index contributed by atoms with van der Waals surface area (Å²) in [6.07, 6.45) is 0.657. The Labute approximate surface area is 145 Å². The predicted molar refractivity (Wildman–Crippen MR) is 101 cm³/mol. The standard InChI is InChI=1S/C17H26N2O2S2/c1-12(2)10-19(16-7-8-23(20,21)11-16)17(22)18-15-6-5-13(3)14(4)9-15/h5-6,9,12,16H,7-8,10-11H2,1-4H3,(H,18,22)/t16-/m0/s1. The highest BCUT2D eigenvalue weighted by molar-refractivity contribution is 7.91. The van der Waals surface area contributed by atoms with Crippen molar-refractivity contribution in [3.63, 3.8) is 0 Å². The third kappa shape index (κ3) is 4.91. The number of hydrogen-bond donors (Lipinski definition) is 1. The van der Waals surface area contributed by atoms with Gasteiger partial charge in [-0.2, -0.15) is 0 Å². The number of anilines is 1. The second-order valence-corrected chi connectivity index (χ2v) is 9.45. The maximum absolute atomic E-state index is 11.8. The van der Waals surface area contributed by atoms with Crippen molar-refractivity contribution in [3.8, 4) is 0 Å². The normalized spacial score (nSPS) is 19.8. The molecule has 0 unspecified atom stereocenters. The van der Waals surface area contributed by atoms with Crippen molar-refractivity contribution in [1.29, 1.82) is 0 Å². The molecule has 0 aliphatic carbocycles. The summed E-state index contributed by atoms with van der Waals surface area (Å²) in [7, 11) is -2.92. The molecule has 1 N–H and O–H groups in total. The van der Waals surface area contributed by atoms with E-state index in [1.54, 1.807) is 0 Å². The van der Waals surface area contributed by atoms with Gasteiger partial charge in [0.15, 0.2) is 14.9 Å². The Morgan fingerprint density at radius 3 is 2.57 bits per heavy atom. The van der Waals surface area contributed by atoms with Crippen LogP contribution in [0.5, 0.6) is 0 Å². The van der Waals surface area contributed by atoms with Gasteiger partial charge in [0.1, 0.15) is 0 Å². The maximum atomic E-state index is 11.8. The SMILES string of the molecule is Cc1ccc(NC(=S)N(CC(C)C)[C@H]2CCS(=O)(=O)C2)cc1C. The summed E-state index contributed by atoms with van der Waals surface area (Å²) in [6, 6.07) is 6.12. The van der Waals surface area contributed by atoms with E-state index in [0.29, 0.717) is 17.5 Å². The lowest BCUT2D eigenvalue weighted by Gasteiger charge is -2.32. The number of sulfone groups is 1. The van der Waals surface area contributed by atoms with Crippen LogP contribution in [0.3, 0.4) is 0 Å². The zero-order chi connectivity index (χ0) is 17.2. The first-order valence-electron chi connectivity index (χ1n) is 8.03. The minimum atomic E-state index is -2.92. The summed E-state index contributed by atoms with van der Waals surface area (Å²) in [4.78, 5) is 2.06. The summed E-state index contributed by atoms with van der Waals surface area (Å²) < 4.78 is 23.6. The van der Waals surface area contributed by atoms with Crippen molar-refractivity contribution in [2.75, 3.05) is 23.4 Å². The number of hydrogen-bond acceptors (Lipinski definition) is 3. The average Bonchev–Trinajstić information content (AvgIpc) is 2.80. The van der Waals surface area contributed by atoms with Gasteiger partial charge in [0.2, 0.25) is 0 Å². The molecule has 0 amide bonds. The van der Waals surface area contributed by atoms with E-state index in [0.717, 1.165) is 12.2 Å². The molecule has 0 radical (unpaired) electrons. The second kappa shape index (κ2) is 7.18. The van der Waals surface area contributed by atoms with E-state index < -0.39 is 9.84 Å². The Kier molecular flexibility index (Phi) is 5.68. The van der Waals surface area contributed by atoms with Crippen molar-refractivity contribution in [3.05, 3.63) is 29.3 Å². The molecule has 1 atom stereocenters. The van der Waals surface area contributed by atoms with E-state index in [1.807, 2.05) is 6.07 Å². The van der Waals surface area contributed by atoms with Crippen LogP contribution < -0.4 is 5.32 Å². The van der Waals surface area contributed by atoms with Gasteiger partial charge in [-0.25, -0.2) is 8.42 Å². The Morgan fingerprint density at radius 1 is 1.35 bits per heavy atom. The van der Waals surface area contributed by atoms with Gasteiger partial charge in [-0.3, -0.25) is 0 Å². The third-order valence-electron chi connectivity index (χ3n) is 4.23. The molecule has 0 spiro atoms. The fourth-order valence-electron chi connectivity index (χ4n) is 2.83. The second-order valence-electron chi connectivity index (χ2n) is 6.83. The van der Waals surface area contributed by atoms with Crippen LogP contribution in [0.2, 0.25) is 0 Å². The topological polar surface area (TPSA) is 49.4 Å². The van der Waals surface area contributed by atoms with E-state index in [4.69, 9.17) is 12.2 Å². The Balaban J connectivity index is 2.14. The number of thiocarbonyl (C=S) groups is 1. The first kappa shape index (κ1) is 18.2. The van der Waals surface area contributed by atoms with Gasteiger partial charge in [0.25, 0.3) is 0 Å². The molecule has 6 heteroatoms. The van der Waals surface area contributed by atoms with Crippen LogP contribution in [0.25, 0.3) is 0 Å². The number of nitrogens with one attached hydrogen (secondary N) is 1. The molecule has 1 aliphatic rings. The maximum Gasteiger partial charge on any atom is 0.173 e. The molecular weight excluding hydrogens is 328 g/mol. The van der Waals surface area contributed by atoms with E-state index >= 15 is 0 Å². The molecule has 0 bridgehead atoms. The van der Waals surface area contributed by atoms with E-state index in [1.165, 1.54) is 11.1 Å². The van der Waals surface area contributed by atoms with Crippen LogP contribution in [0.4, 0.5) is 5.69 Å². The summed E-state index contributed by atoms with van der Waals surface area (Å²) in [5.74, 6) is 0.880. The molecular formula is C17H26N2O2S2. The summed E-state index contributed by atoms with van der Waals surface area (Å²) >= 11 is 5.58. The monoisotopic (exact) mass is 354 g/mol. The summed E-state index contributed by atoms with van der Waals surface area (Å²) in [5, 5.41) is 3.90. The lowest BCUT2D eigenvalue weighted by atomic mass is 10.1. The number of nitrogens with zero attached hydrogens (tertiary/aromatic N) is 1. The molecule has 128 valence electrons. The predicted octanol–water partition coefficient (Wildman–Crippen LogP) is 3.15. The molecule has 1 aromatic rings. The smallest absolute Gasteiger partial charge is 0.173 e. The van der Waals surface area contributed by atoms with Crippen molar-refractivity contribution in [1.82, 2.24) is 4.90 Å². The van der Waals surface area contributed by atoms with E-state index in [-0.39, 0.29) is 17.5 Å². The molecule has 0 saturated carbocycles. The number of benzene rings is 1. The van der Waals surface area contributed by atoms with Gasteiger partial charge in [-0.05, 0) is 61.7 Å². The van der Waals surface area contributed by atoms with Crippen molar-refractivity contribution < 1.29 is 8.42 Å². The highest BCUT2D eigenvalue weighted by Gasteiger charge is 2.33. The van der Waals surface area contributed by atoms with Crippen LogP contribution in [0.1, 0.15) is 31.4 Å². The molecule has 0 aromatic heterocycles. The average molecular weight is 355 g/mol. The molecule has 1 aromatic carbocycles. The van der Waals surface area contributed by atoms with Gasteiger partial charge in [-0.15, -0.1) is 0 Å². The van der Waals surface area contributed by atoms with Gasteiger partial charge in [0, 0.05) is 18.3 Å². The number of rotatable bonds is 4. The largest absolute Gasteiger partial charge is 0.345 e. The third-order valence-corrected chi connectivity index (χ3v) is 6.32. The van der Waals surface area contributed by atoms with E-state index in [9.17, 15) is 8.42 Å². The minimum Gasteiger partial charge on any atom is -0.345 e. The van der Waals surface area contributed by atoms with Gasteiger partial charge < -0.3 is 10.2 Å². The molecule has 2 rings (SSSR count). The highest BCUT2D eigenvalue weighted by Crippen LogP contribution is 2.21. The van der Waals surface area contributed by atoms with Crippen LogP contribution >= 0.6 is 12.2 Å². The van der Waals surface area contributed by atoms with E-state index in [2.05, 4.69) is 50.0 Å². The summed E-state index contributed by atoms with van der Waals surface area (Å²) in [5.41, 5.74) is 3.40. The minimum absolute atomic E-state index is 0.0195. The van der Waals surface area contributed by atoms with Crippen LogP contribution in [-0.4, -0.2) is 42.5 Å². The fourth-order valence-corrected chi connectivity index (χ4v) is 4.90. The quantitative estimate of drug-likeness (QED) is 0.842. The Bertz CT molecular complexity index is 684. The zero-order valence-corrected chi connectivity index (χ0v) is 15.9. The number of aryl methyl sites for hydroxylation is 2. The molecule has 1 fully saturated rings. The zero-order valence-electron chi connectivity index (χ0n) is 14.3. The van der Waals surface area contributed by atoms with Crippen molar-refractivity contribution in [2.24, 2.45) is 5.92 Å². The summed E-state index contributed by atoms with van der Waals surface area (Å²) in [6.45, 7) is 9.14. The van der Waals surface area contributed by atoms with Gasteiger partial charge in [-0.1, -0.05) is 19.9 Å².